The molecule has 3 atom stereocenters. The van der Waals surface area contributed by atoms with Crippen molar-refractivity contribution in [2.75, 3.05) is 6.54 Å². The van der Waals surface area contributed by atoms with E-state index in [9.17, 15) is 0 Å². The molecule has 0 amide bonds. The van der Waals surface area contributed by atoms with Crippen molar-refractivity contribution in [2.24, 2.45) is 5.92 Å². The molecule has 0 spiro atoms. The molecule has 1 aliphatic carbocycles. The first kappa shape index (κ1) is 15.6. The zero-order valence-electron chi connectivity index (χ0n) is 13.4. The lowest BCUT2D eigenvalue weighted by Gasteiger charge is -2.38. The molecule has 2 rings (SSSR count). The lowest BCUT2D eigenvalue weighted by atomic mass is 9.80. The maximum absolute atomic E-state index is 4.53. The monoisotopic (exact) mass is 277 g/mol. The zero-order valence-corrected chi connectivity index (χ0v) is 13.4. The third-order valence-electron chi connectivity index (χ3n) is 4.70. The normalized spacial score (nSPS) is 26.9. The molecule has 1 saturated carbocycles. The summed E-state index contributed by atoms with van der Waals surface area (Å²) in [6, 6.07) is 1.23. The largest absolute Gasteiger partial charge is 0.330 e. The van der Waals surface area contributed by atoms with Crippen molar-refractivity contribution in [1.29, 1.82) is 0 Å². The number of aromatic nitrogens is 2. The van der Waals surface area contributed by atoms with Gasteiger partial charge in [-0.2, -0.15) is 0 Å². The maximum atomic E-state index is 4.53. The predicted octanol–water partition coefficient (Wildman–Crippen LogP) is 3.96. The molecule has 0 bridgehead atoms. The molecular weight excluding hydrogens is 246 g/mol. The van der Waals surface area contributed by atoms with Crippen molar-refractivity contribution in [2.45, 2.75) is 77.8 Å². The third kappa shape index (κ3) is 3.63. The van der Waals surface area contributed by atoms with Crippen molar-refractivity contribution >= 4 is 0 Å². The zero-order chi connectivity index (χ0) is 14.4. The molecule has 0 aliphatic heterocycles. The number of imidazole rings is 1. The lowest BCUT2D eigenvalue weighted by molar-refractivity contribution is 0.195. The van der Waals surface area contributed by atoms with Crippen LogP contribution in [0.1, 0.15) is 71.2 Å². The molecule has 1 heterocycles. The number of nitrogens with zero attached hydrogens (tertiary/aromatic N) is 2. The van der Waals surface area contributed by atoms with Gasteiger partial charge in [-0.05, 0) is 38.1 Å². The molecule has 0 radical (unpaired) electrons. The fourth-order valence-electron chi connectivity index (χ4n) is 3.70. The van der Waals surface area contributed by atoms with Crippen LogP contribution >= 0.6 is 0 Å². The van der Waals surface area contributed by atoms with Crippen LogP contribution in [0.5, 0.6) is 0 Å². The molecule has 1 N–H and O–H groups in total. The van der Waals surface area contributed by atoms with E-state index in [4.69, 9.17) is 0 Å². The van der Waals surface area contributed by atoms with Crippen LogP contribution in [-0.4, -0.2) is 22.1 Å². The van der Waals surface area contributed by atoms with Crippen LogP contribution in [0.25, 0.3) is 0 Å². The van der Waals surface area contributed by atoms with E-state index in [0.717, 1.165) is 18.9 Å². The van der Waals surface area contributed by atoms with Gasteiger partial charge in [-0.15, -0.1) is 0 Å². The smallest absolute Gasteiger partial charge is 0.108 e. The van der Waals surface area contributed by atoms with Gasteiger partial charge in [0.15, 0.2) is 0 Å². The summed E-state index contributed by atoms with van der Waals surface area (Å²) in [7, 11) is 0. The van der Waals surface area contributed by atoms with Gasteiger partial charge in [-0.25, -0.2) is 4.98 Å². The molecule has 0 saturated heterocycles. The molecule has 20 heavy (non-hydrogen) atoms. The fraction of sp³-hybridized carbons (Fsp3) is 0.824. The van der Waals surface area contributed by atoms with Crippen LogP contribution < -0.4 is 5.32 Å². The van der Waals surface area contributed by atoms with E-state index in [2.05, 4.69) is 41.8 Å². The number of nitrogens with one attached hydrogen (secondary N) is 1. The second-order valence-corrected chi connectivity index (χ2v) is 6.20. The Labute approximate surface area is 124 Å². The second kappa shape index (κ2) is 7.82. The fourth-order valence-corrected chi connectivity index (χ4v) is 3.70. The van der Waals surface area contributed by atoms with E-state index in [0.29, 0.717) is 12.1 Å². The van der Waals surface area contributed by atoms with Crippen molar-refractivity contribution < 1.29 is 0 Å². The lowest BCUT2D eigenvalue weighted by Crippen LogP contribution is -2.42. The summed E-state index contributed by atoms with van der Waals surface area (Å²) in [6.07, 6.45) is 13.1. The van der Waals surface area contributed by atoms with E-state index >= 15 is 0 Å². The standard InChI is InChI=1S/C17H31N3/c1-4-7-14-8-9-15(18-10-5-2)16(13-14)20-12-11-19-17(20)6-3/h11-12,14-16,18H,4-10,13H2,1-3H3. The van der Waals surface area contributed by atoms with Crippen LogP contribution in [0.3, 0.4) is 0 Å². The molecule has 0 aromatic carbocycles. The first-order chi connectivity index (χ1) is 9.80. The number of rotatable bonds is 7. The van der Waals surface area contributed by atoms with Gasteiger partial charge in [-0.1, -0.05) is 33.6 Å². The summed E-state index contributed by atoms with van der Waals surface area (Å²) in [5.41, 5.74) is 0. The predicted molar refractivity (Wildman–Crippen MR) is 85.0 cm³/mol. The Hall–Kier alpha value is -0.830. The molecule has 3 nitrogen and oxygen atoms in total. The van der Waals surface area contributed by atoms with Gasteiger partial charge < -0.3 is 9.88 Å². The van der Waals surface area contributed by atoms with Crippen molar-refractivity contribution in [3.05, 3.63) is 18.2 Å². The Kier molecular flexibility index (Phi) is 6.08. The minimum absolute atomic E-state index is 0.601. The van der Waals surface area contributed by atoms with Gasteiger partial charge in [-0.3, -0.25) is 0 Å². The summed E-state index contributed by atoms with van der Waals surface area (Å²) < 4.78 is 2.45. The van der Waals surface area contributed by atoms with E-state index in [1.54, 1.807) is 0 Å². The van der Waals surface area contributed by atoms with E-state index in [-0.39, 0.29) is 0 Å². The molecule has 1 fully saturated rings. The minimum atomic E-state index is 0.601. The average Bonchev–Trinajstić information content (AvgIpc) is 2.94. The van der Waals surface area contributed by atoms with Crippen molar-refractivity contribution in [3.63, 3.8) is 0 Å². The highest BCUT2D eigenvalue weighted by atomic mass is 15.1. The number of hydrogen-bond acceptors (Lipinski definition) is 2. The molecule has 1 aromatic rings. The highest BCUT2D eigenvalue weighted by Gasteiger charge is 2.31. The second-order valence-electron chi connectivity index (χ2n) is 6.20. The highest BCUT2D eigenvalue weighted by molar-refractivity contribution is 5.00. The molecule has 3 unspecified atom stereocenters. The number of hydrogen-bond donors (Lipinski definition) is 1. The van der Waals surface area contributed by atoms with Crippen LogP contribution in [-0.2, 0) is 6.42 Å². The molecule has 1 aliphatic rings. The molecule has 3 heteroatoms. The van der Waals surface area contributed by atoms with Gasteiger partial charge in [0.25, 0.3) is 0 Å². The number of aryl methyl sites for hydroxylation is 1. The van der Waals surface area contributed by atoms with Gasteiger partial charge in [0.2, 0.25) is 0 Å². The van der Waals surface area contributed by atoms with E-state index < -0.39 is 0 Å². The molecule has 114 valence electrons. The average molecular weight is 277 g/mol. The minimum Gasteiger partial charge on any atom is -0.330 e. The Morgan fingerprint density at radius 3 is 2.80 bits per heavy atom. The topological polar surface area (TPSA) is 29.9 Å². The van der Waals surface area contributed by atoms with Crippen LogP contribution in [0.15, 0.2) is 12.4 Å². The van der Waals surface area contributed by atoms with Crippen LogP contribution in [0.4, 0.5) is 0 Å². The van der Waals surface area contributed by atoms with E-state index in [1.807, 2.05) is 6.20 Å². The summed E-state index contributed by atoms with van der Waals surface area (Å²) in [5.74, 6) is 2.15. The maximum Gasteiger partial charge on any atom is 0.108 e. The van der Waals surface area contributed by atoms with Gasteiger partial charge in [0.05, 0.1) is 6.04 Å². The van der Waals surface area contributed by atoms with Crippen LogP contribution in [0.2, 0.25) is 0 Å². The first-order valence-corrected chi connectivity index (χ1v) is 8.55. The van der Waals surface area contributed by atoms with Crippen LogP contribution in [0, 0.1) is 5.92 Å². The molecular formula is C17H31N3. The Morgan fingerprint density at radius 2 is 2.10 bits per heavy atom. The quantitative estimate of drug-likeness (QED) is 0.817. The third-order valence-corrected chi connectivity index (χ3v) is 4.70. The summed E-state index contributed by atoms with van der Waals surface area (Å²) in [6.45, 7) is 7.90. The Morgan fingerprint density at radius 1 is 1.25 bits per heavy atom. The molecule has 1 aromatic heterocycles. The first-order valence-electron chi connectivity index (χ1n) is 8.55. The van der Waals surface area contributed by atoms with Gasteiger partial charge >= 0.3 is 0 Å². The Balaban J connectivity index is 2.12. The summed E-state index contributed by atoms with van der Waals surface area (Å²) in [5, 5.41) is 3.77. The Bertz CT molecular complexity index is 385. The van der Waals surface area contributed by atoms with Crippen molar-refractivity contribution in [3.8, 4) is 0 Å². The van der Waals surface area contributed by atoms with E-state index in [1.165, 1.54) is 44.3 Å². The van der Waals surface area contributed by atoms with Gasteiger partial charge in [0, 0.05) is 24.9 Å². The van der Waals surface area contributed by atoms with Crippen molar-refractivity contribution in [1.82, 2.24) is 14.9 Å². The SMILES string of the molecule is CCCNC1CCC(CCC)CC1n1ccnc1CC. The highest BCUT2D eigenvalue weighted by Crippen LogP contribution is 2.35. The van der Waals surface area contributed by atoms with Gasteiger partial charge in [0.1, 0.15) is 5.82 Å². The summed E-state index contributed by atoms with van der Waals surface area (Å²) in [4.78, 5) is 4.53. The summed E-state index contributed by atoms with van der Waals surface area (Å²) >= 11 is 0.